The van der Waals surface area contributed by atoms with Crippen molar-refractivity contribution in [2.24, 2.45) is 0 Å². The molecular weight excluding hydrogens is 961 g/mol. The first-order chi connectivity index (χ1) is 38.5. The van der Waals surface area contributed by atoms with Gasteiger partial charge in [-0.05, 0) is 122 Å². The second-order valence-electron chi connectivity index (χ2n) is 20.6. The SMILES string of the molecule is CC/C=C\C/C=C\C/C=C\C/C=C\C/C=C\C/C=C\CCCCCCCCC(=O)OCC(COC(=O)CCCCCCCCCCCCCCCC)OC(=O)CCCC/C=C\C/C=C\C/C=C\C/C=C\C/C=C\C/C=C\CC. The average molecular weight is 1080 g/mol. The molecule has 0 aromatic heterocycles. The number of ether oxygens (including phenoxy) is 3. The van der Waals surface area contributed by atoms with Crippen molar-refractivity contribution in [1.82, 2.24) is 0 Å². The maximum absolute atomic E-state index is 12.9. The standard InChI is InChI=1S/C72H116O6/c1-4-7-10-13-16-19-22-25-28-30-32-34-35-36-37-39-40-42-44-47-50-53-56-59-62-65-71(74)77-68-69(67-76-70(73)64-61-58-55-52-49-46-27-24-21-18-15-12-9-6-3)78-72(75)66-63-60-57-54-51-48-45-43-41-38-33-31-29-26-23-20-17-14-11-8-5-2/h7-8,10-11,16-17,19-20,25-26,28-29,32-34,36-38,40,42-43,45,51,54,69H,4-6,9,12-15,18,21-24,27,30-31,35,39,41,44,46-50,52-53,55-68H2,1-3H3/b10-7-,11-8-,19-16-,20-17-,28-25-,29-26-,34-32-,37-36-,38-33-,42-40-,45-43-,54-51-. The topological polar surface area (TPSA) is 78.9 Å². The van der Waals surface area contributed by atoms with Crippen molar-refractivity contribution in [3.63, 3.8) is 0 Å². The van der Waals surface area contributed by atoms with E-state index in [2.05, 4.69) is 167 Å². The molecule has 0 radical (unpaired) electrons. The Bertz CT molecular complexity index is 1710. The van der Waals surface area contributed by atoms with Crippen molar-refractivity contribution in [3.8, 4) is 0 Å². The fourth-order valence-corrected chi connectivity index (χ4v) is 8.39. The van der Waals surface area contributed by atoms with Gasteiger partial charge in [-0.25, -0.2) is 0 Å². The van der Waals surface area contributed by atoms with Gasteiger partial charge < -0.3 is 14.2 Å². The first kappa shape index (κ1) is 73.3. The van der Waals surface area contributed by atoms with Crippen LogP contribution in [0.5, 0.6) is 0 Å². The summed E-state index contributed by atoms with van der Waals surface area (Å²) in [6.45, 7) is 6.37. The van der Waals surface area contributed by atoms with Gasteiger partial charge in [0.25, 0.3) is 0 Å². The van der Waals surface area contributed by atoms with Crippen LogP contribution in [0.1, 0.15) is 271 Å². The van der Waals surface area contributed by atoms with Crippen LogP contribution in [-0.2, 0) is 28.6 Å². The lowest BCUT2D eigenvalue weighted by Gasteiger charge is -2.18. The van der Waals surface area contributed by atoms with Crippen LogP contribution in [0.4, 0.5) is 0 Å². The van der Waals surface area contributed by atoms with Crippen molar-refractivity contribution in [2.45, 2.75) is 277 Å². The highest BCUT2D eigenvalue weighted by atomic mass is 16.6. The summed E-state index contributed by atoms with van der Waals surface area (Å²) in [5, 5.41) is 0. The van der Waals surface area contributed by atoms with E-state index in [0.29, 0.717) is 19.3 Å². The number of esters is 3. The Morgan fingerprint density at radius 2 is 0.500 bits per heavy atom. The van der Waals surface area contributed by atoms with Gasteiger partial charge in [-0.1, -0.05) is 276 Å². The average Bonchev–Trinajstić information content (AvgIpc) is 3.44. The van der Waals surface area contributed by atoms with Crippen molar-refractivity contribution in [1.29, 1.82) is 0 Å². The van der Waals surface area contributed by atoms with Gasteiger partial charge in [0.15, 0.2) is 6.10 Å². The number of carbonyl (C=O) groups is 3. The molecule has 0 aliphatic heterocycles. The minimum Gasteiger partial charge on any atom is -0.462 e. The van der Waals surface area contributed by atoms with Crippen molar-refractivity contribution in [3.05, 3.63) is 146 Å². The predicted octanol–water partition coefficient (Wildman–Crippen LogP) is 21.9. The summed E-state index contributed by atoms with van der Waals surface area (Å²) in [5.74, 6) is -0.962. The summed E-state index contributed by atoms with van der Waals surface area (Å²) in [5.41, 5.74) is 0. The van der Waals surface area contributed by atoms with E-state index in [9.17, 15) is 14.4 Å². The van der Waals surface area contributed by atoms with Crippen LogP contribution in [0.3, 0.4) is 0 Å². The van der Waals surface area contributed by atoms with E-state index in [-0.39, 0.29) is 37.5 Å². The van der Waals surface area contributed by atoms with Crippen LogP contribution in [0, 0.1) is 0 Å². The van der Waals surface area contributed by atoms with E-state index in [0.717, 1.165) is 141 Å². The van der Waals surface area contributed by atoms with E-state index in [1.54, 1.807) is 0 Å². The van der Waals surface area contributed by atoms with Gasteiger partial charge in [-0.2, -0.15) is 0 Å². The zero-order valence-corrected chi connectivity index (χ0v) is 50.4. The van der Waals surface area contributed by atoms with Crippen LogP contribution >= 0.6 is 0 Å². The molecule has 0 spiro atoms. The Labute approximate surface area is 480 Å². The number of unbranched alkanes of at least 4 members (excludes halogenated alkanes) is 21. The highest BCUT2D eigenvalue weighted by Gasteiger charge is 2.19. The third-order valence-electron chi connectivity index (χ3n) is 13.1. The lowest BCUT2D eigenvalue weighted by Crippen LogP contribution is -2.30. The van der Waals surface area contributed by atoms with Crippen molar-refractivity contribution in [2.75, 3.05) is 13.2 Å². The zero-order valence-electron chi connectivity index (χ0n) is 50.4. The molecule has 0 fully saturated rings. The molecule has 0 aliphatic carbocycles. The second-order valence-corrected chi connectivity index (χ2v) is 20.6. The first-order valence-electron chi connectivity index (χ1n) is 31.8. The smallest absolute Gasteiger partial charge is 0.306 e. The first-order valence-corrected chi connectivity index (χ1v) is 31.8. The number of carbonyl (C=O) groups excluding carboxylic acids is 3. The molecule has 0 amide bonds. The highest BCUT2D eigenvalue weighted by Crippen LogP contribution is 2.15. The maximum atomic E-state index is 12.9. The number of hydrogen-bond donors (Lipinski definition) is 0. The van der Waals surface area contributed by atoms with E-state index in [1.807, 2.05) is 0 Å². The Morgan fingerprint density at radius 3 is 0.808 bits per heavy atom. The number of allylic oxidation sites excluding steroid dienone is 24. The van der Waals surface area contributed by atoms with E-state index in [1.165, 1.54) is 83.5 Å². The van der Waals surface area contributed by atoms with Gasteiger partial charge in [-0.3, -0.25) is 14.4 Å². The summed E-state index contributed by atoms with van der Waals surface area (Å²) in [7, 11) is 0. The monoisotopic (exact) mass is 1080 g/mol. The van der Waals surface area contributed by atoms with Crippen LogP contribution in [0.2, 0.25) is 0 Å². The van der Waals surface area contributed by atoms with Crippen molar-refractivity contribution < 1.29 is 28.6 Å². The lowest BCUT2D eigenvalue weighted by atomic mass is 10.0. The largest absolute Gasteiger partial charge is 0.462 e. The minimum absolute atomic E-state index is 0.104. The van der Waals surface area contributed by atoms with E-state index in [4.69, 9.17) is 14.2 Å². The molecule has 0 aromatic carbocycles. The third-order valence-corrected chi connectivity index (χ3v) is 13.1. The molecule has 0 saturated heterocycles. The Morgan fingerprint density at radius 1 is 0.269 bits per heavy atom. The third kappa shape index (κ3) is 62.1. The summed E-state index contributed by atoms with van der Waals surface area (Å²) in [6.07, 6.45) is 92.7. The molecule has 0 saturated carbocycles. The van der Waals surface area contributed by atoms with Gasteiger partial charge >= 0.3 is 17.9 Å². The lowest BCUT2D eigenvalue weighted by molar-refractivity contribution is -0.167. The molecule has 6 nitrogen and oxygen atoms in total. The normalized spacial score (nSPS) is 13.1. The van der Waals surface area contributed by atoms with Gasteiger partial charge in [0, 0.05) is 19.3 Å². The van der Waals surface area contributed by atoms with Crippen LogP contribution < -0.4 is 0 Å². The van der Waals surface area contributed by atoms with E-state index >= 15 is 0 Å². The minimum atomic E-state index is -0.814. The highest BCUT2D eigenvalue weighted by molar-refractivity contribution is 5.71. The number of hydrogen-bond acceptors (Lipinski definition) is 6. The molecular formula is C72H116O6. The van der Waals surface area contributed by atoms with Gasteiger partial charge in [0.1, 0.15) is 13.2 Å². The second kappa shape index (κ2) is 64.8. The van der Waals surface area contributed by atoms with Gasteiger partial charge in [0.2, 0.25) is 0 Å². The van der Waals surface area contributed by atoms with Crippen LogP contribution in [-0.4, -0.2) is 37.2 Å². The predicted molar refractivity (Wildman–Crippen MR) is 339 cm³/mol. The summed E-state index contributed by atoms with van der Waals surface area (Å²) in [6, 6.07) is 0. The Hall–Kier alpha value is -4.71. The van der Waals surface area contributed by atoms with Gasteiger partial charge in [0.05, 0.1) is 0 Å². The zero-order chi connectivity index (χ0) is 56.4. The summed E-state index contributed by atoms with van der Waals surface area (Å²) in [4.78, 5) is 38.3. The fourth-order valence-electron chi connectivity index (χ4n) is 8.39. The summed E-state index contributed by atoms with van der Waals surface area (Å²) < 4.78 is 16.9. The maximum Gasteiger partial charge on any atom is 0.306 e. The molecule has 6 heteroatoms. The molecule has 0 aromatic rings. The molecule has 0 rings (SSSR count). The Balaban J connectivity index is 4.48. The molecule has 440 valence electrons. The molecule has 78 heavy (non-hydrogen) atoms. The molecule has 0 N–H and O–H groups in total. The Kier molecular flexibility index (Phi) is 60.9. The van der Waals surface area contributed by atoms with Crippen LogP contribution in [0.15, 0.2) is 146 Å². The summed E-state index contributed by atoms with van der Waals surface area (Å²) >= 11 is 0. The molecule has 1 atom stereocenters. The molecule has 1 unspecified atom stereocenters. The van der Waals surface area contributed by atoms with Crippen molar-refractivity contribution >= 4 is 17.9 Å². The molecule has 0 heterocycles. The molecule has 0 aliphatic rings. The quantitative estimate of drug-likeness (QED) is 0.0261. The fraction of sp³-hybridized carbons (Fsp3) is 0.625. The number of rotatable bonds is 56. The van der Waals surface area contributed by atoms with Gasteiger partial charge in [-0.15, -0.1) is 0 Å². The van der Waals surface area contributed by atoms with E-state index < -0.39 is 6.10 Å². The van der Waals surface area contributed by atoms with Crippen LogP contribution in [0.25, 0.3) is 0 Å². The molecule has 0 bridgehead atoms.